The van der Waals surface area contributed by atoms with E-state index in [9.17, 15) is 4.79 Å². The predicted octanol–water partition coefficient (Wildman–Crippen LogP) is 4.47. The van der Waals surface area contributed by atoms with Gasteiger partial charge in [0.05, 0.1) is 6.61 Å². The molecule has 0 aliphatic heterocycles. The highest BCUT2D eigenvalue weighted by Crippen LogP contribution is 2.31. The summed E-state index contributed by atoms with van der Waals surface area (Å²) in [5.41, 5.74) is 1.30. The molecular weight excluding hydrogens is 264 g/mol. The summed E-state index contributed by atoms with van der Waals surface area (Å²) >= 11 is 0. The molecule has 0 spiro atoms. The lowest BCUT2D eigenvalue weighted by molar-refractivity contribution is -0.141. The zero-order valence-electron chi connectivity index (χ0n) is 11.0. The number of aryl methyl sites for hydroxylation is 1. The molecule has 100 valence electrons. The van der Waals surface area contributed by atoms with Crippen molar-refractivity contribution >= 4 is 27.6 Å². The number of hydrogen-bond donors (Lipinski definition) is 0. The van der Waals surface area contributed by atoms with E-state index in [1.165, 1.54) is 23.8 Å². The van der Waals surface area contributed by atoms with Crippen LogP contribution in [0.1, 0.15) is 31.7 Å². The molecule has 1 rings (SSSR count). The van der Waals surface area contributed by atoms with E-state index in [1.54, 1.807) is 0 Å². The van der Waals surface area contributed by atoms with Gasteiger partial charge in [-0.05, 0) is 38.3 Å². The standard InChI is InChI=1S/C14H20O2S2/c1-12-6-8-14(9-7-12)18-17-11-5-3-4-10-16-13(2)15/h6-9H,3-5,10-11H2,1-2H3. The fourth-order valence-electron chi connectivity index (χ4n) is 1.36. The third kappa shape index (κ3) is 7.67. The van der Waals surface area contributed by atoms with Gasteiger partial charge in [0.2, 0.25) is 0 Å². The normalized spacial score (nSPS) is 10.3. The molecule has 0 saturated carbocycles. The van der Waals surface area contributed by atoms with E-state index in [2.05, 4.69) is 31.2 Å². The fraction of sp³-hybridized carbons (Fsp3) is 0.500. The summed E-state index contributed by atoms with van der Waals surface area (Å²) in [5.74, 6) is 0.956. The topological polar surface area (TPSA) is 26.3 Å². The molecule has 0 fully saturated rings. The smallest absolute Gasteiger partial charge is 0.302 e. The van der Waals surface area contributed by atoms with Gasteiger partial charge in [-0.25, -0.2) is 0 Å². The van der Waals surface area contributed by atoms with Crippen molar-refractivity contribution in [2.45, 2.75) is 38.0 Å². The number of unbranched alkanes of at least 4 members (excludes halogenated alkanes) is 2. The van der Waals surface area contributed by atoms with Gasteiger partial charge >= 0.3 is 5.97 Å². The van der Waals surface area contributed by atoms with Crippen LogP contribution in [-0.2, 0) is 9.53 Å². The van der Waals surface area contributed by atoms with Crippen molar-refractivity contribution in [2.75, 3.05) is 12.4 Å². The van der Waals surface area contributed by atoms with Gasteiger partial charge < -0.3 is 4.74 Å². The molecule has 0 atom stereocenters. The molecule has 0 saturated heterocycles. The lowest BCUT2D eigenvalue weighted by Crippen LogP contribution is -2.00. The first-order valence-electron chi connectivity index (χ1n) is 6.18. The minimum absolute atomic E-state index is 0.181. The Balaban J connectivity index is 1.95. The summed E-state index contributed by atoms with van der Waals surface area (Å²) in [6.07, 6.45) is 3.26. The van der Waals surface area contributed by atoms with Crippen LogP contribution in [0.5, 0.6) is 0 Å². The number of carbonyl (C=O) groups is 1. The molecule has 0 heterocycles. The van der Waals surface area contributed by atoms with Crippen molar-refractivity contribution in [3.63, 3.8) is 0 Å². The molecule has 0 aromatic heterocycles. The van der Waals surface area contributed by atoms with Crippen LogP contribution >= 0.6 is 21.6 Å². The van der Waals surface area contributed by atoms with Crippen LogP contribution in [0.2, 0.25) is 0 Å². The van der Waals surface area contributed by atoms with Crippen molar-refractivity contribution in [2.24, 2.45) is 0 Å². The average molecular weight is 284 g/mol. The van der Waals surface area contributed by atoms with Gasteiger partial charge in [-0.3, -0.25) is 4.79 Å². The highest BCUT2D eigenvalue weighted by molar-refractivity contribution is 8.76. The molecule has 0 bridgehead atoms. The fourth-order valence-corrected chi connectivity index (χ4v) is 3.49. The second-order valence-electron chi connectivity index (χ2n) is 4.12. The van der Waals surface area contributed by atoms with Crippen molar-refractivity contribution < 1.29 is 9.53 Å². The first-order valence-corrected chi connectivity index (χ1v) is 8.50. The average Bonchev–Trinajstić information content (AvgIpc) is 2.34. The molecule has 1 aromatic carbocycles. The lowest BCUT2D eigenvalue weighted by Gasteiger charge is -2.03. The van der Waals surface area contributed by atoms with Crippen molar-refractivity contribution in [1.29, 1.82) is 0 Å². The Bertz CT molecular complexity index is 349. The van der Waals surface area contributed by atoms with E-state index in [0.717, 1.165) is 18.6 Å². The van der Waals surface area contributed by atoms with Crippen molar-refractivity contribution in [1.82, 2.24) is 0 Å². The van der Waals surface area contributed by atoms with Crippen LogP contribution in [0, 0.1) is 6.92 Å². The van der Waals surface area contributed by atoms with Crippen molar-refractivity contribution in [3.05, 3.63) is 29.8 Å². The van der Waals surface area contributed by atoms with E-state index in [0.29, 0.717) is 6.61 Å². The largest absolute Gasteiger partial charge is 0.466 e. The molecule has 0 N–H and O–H groups in total. The predicted molar refractivity (Wildman–Crippen MR) is 80.0 cm³/mol. The molecule has 18 heavy (non-hydrogen) atoms. The molecule has 0 aliphatic rings. The third-order valence-corrected chi connectivity index (χ3v) is 4.82. The van der Waals surface area contributed by atoms with Gasteiger partial charge in [-0.15, -0.1) is 0 Å². The molecule has 1 aromatic rings. The van der Waals surface area contributed by atoms with E-state index in [1.807, 2.05) is 21.6 Å². The Labute approximate surface area is 117 Å². The minimum atomic E-state index is -0.181. The summed E-state index contributed by atoms with van der Waals surface area (Å²) in [6.45, 7) is 4.11. The van der Waals surface area contributed by atoms with Gasteiger partial charge in [0.15, 0.2) is 0 Å². The van der Waals surface area contributed by atoms with Crippen LogP contribution in [0.25, 0.3) is 0 Å². The summed E-state index contributed by atoms with van der Waals surface area (Å²) in [7, 11) is 3.71. The molecule has 0 unspecified atom stereocenters. The Morgan fingerprint density at radius 1 is 1.17 bits per heavy atom. The van der Waals surface area contributed by atoms with Gasteiger partial charge in [0.1, 0.15) is 0 Å². The first kappa shape index (κ1) is 15.4. The Kier molecular flexibility index (Phi) is 8.01. The monoisotopic (exact) mass is 284 g/mol. The first-order chi connectivity index (χ1) is 8.68. The zero-order chi connectivity index (χ0) is 13.2. The second kappa shape index (κ2) is 9.34. The number of esters is 1. The Morgan fingerprint density at radius 2 is 1.89 bits per heavy atom. The SMILES string of the molecule is CC(=O)OCCCCCSSc1ccc(C)cc1. The number of ether oxygens (including phenoxy) is 1. The molecule has 0 amide bonds. The van der Waals surface area contributed by atoms with Crippen LogP contribution in [0.4, 0.5) is 0 Å². The molecule has 0 aliphatic carbocycles. The maximum Gasteiger partial charge on any atom is 0.302 e. The van der Waals surface area contributed by atoms with Crippen molar-refractivity contribution in [3.8, 4) is 0 Å². The summed E-state index contributed by atoms with van der Waals surface area (Å²) < 4.78 is 4.88. The van der Waals surface area contributed by atoms with Crippen LogP contribution in [0.3, 0.4) is 0 Å². The van der Waals surface area contributed by atoms with Gasteiger partial charge in [-0.2, -0.15) is 0 Å². The van der Waals surface area contributed by atoms with Gasteiger partial charge in [0.25, 0.3) is 0 Å². The van der Waals surface area contributed by atoms with E-state index in [-0.39, 0.29) is 5.97 Å². The van der Waals surface area contributed by atoms with Crippen LogP contribution in [-0.4, -0.2) is 18.3 Å². The van der Waals surface area contributed by atoms with E-state index < -0.39 is 0 Å². The Morgan fingerprint density at radius 3 is 2.56 bits per heavy atom. The van der Waals surface area contributed by atoms with Crippen LogP contribution < -0.4 is 0 Å². The minimum Gasteiger partial charge on any atom is -0.466 e. The number of hydrogen-bond acceptors (Lipinski definition) is 4. The zero-order valence-corrected chi connectivity index (χ0v) is 12.6. The quantitative estimate of drug-likeness (QED) is 0.400. The third-order valence-electron chi connectivity index (χ3n) is 2.35. The molecule has 0 radical (unpaired) electrons. The highest BCUT2D eigenvalue weighted by atomic mass is 33.1. The van der Waals surface area contributed by atoms with Gasteiger partial charge in [0, 0.05) is 17.6 Å². The maximum absolute atomic E-state index is 10.5. The van der Waals surface area contributed by atoms with Crippen LogP contribution in [0.15, 0.2) is 29.2 Å². The summed E-state index contributed by atoms with van der Waals surface area (Å²) in [5, 5.41) is 0. The molecular formula is C14H20O2S2. The lowest BCUT2D eigenvalue weighted by atomic mass is 10.2. The van der Waals surface area contributed by atoms with Gasteiger partial charge in [-0.1, -0.05) is 39.3 Å². The van der Waals surface area contributed by atoms with E-state index in [4.69, 9.17) is 4.74 Å². The second-order valence-corrected chi connectivity index (χ2v) is 6.61. The summed E-state index contributed by atoms with van der Waals surface area (Å²) in [4.78, 5) is 11.8. The number of carbonyl (C=O) groups excluding carboxylic acids is 1. The maximum atomic E-state index is 10.5. The number of rotatable bonds is 8. The molecule has 2 nitrogen and oxygen atoms in total. The highest BCUT2D eigenvalue weighted by Gasteiger charge is 1.96. The van der Waals surface area contributed by atoms with E-state index >= 15 is 0 Å². The Hall–Kier alpha value is -0.610. The number of benzene rings is 1. The summed E-state index contributed by atoms with van der Waals surface area (Å²) in [6, 6.07) is 8.60. The molecule has 4 heteroatoms.